The quantitative estimate of drug-likeness (QED) is 0.738. The van der Waals surface area contributed by atoms with Crippen molar-refractivity contribution in [2.45, 2.75) is 29.5 Å². The lowest BCUT2D eigenvalue weighted by Crippen LogP contribution is -2.52. The molecular formula is C12H19BrClN3O3S2. The Hall–Kier alpha value is -0.190. The molecule has 1 atom stereocenters. The normalized spacial score (nSPS) is 19.5. The molecule has 0 aliphatic carbocycles. The minimum absolute atomic E-state index is 0. The number of sulfonamides is 1. The summed E-state index contributed by atoms with van der Waals surface area (Å²) in [5.74, 6) is -0.264. The molecule has 22 heavy (non-hydrogen) atoms. The van der Waals surface area contributed by atoms with Crippen LogP contribution in [0.2, 0.25) is 0 Å². The summed E-state index contributed by atoms with van der Waals surface area (Å²) in [7, 11) is -3.63. The molecule has 0 saturated carbocycles. The van der Waals surface area contributed by atoms with Crippen molar-refractivity contribution >= 4 is 55.6 Å². The van der Waals surface area contributed by atoms with Gasteiger partial charge < -0.3 is 11.1 Å². The summed E-state index contributed by atoms with van der Waals surface area (Å²) in [4.78, 5) is 12.2. The van der Waals surface area contributed by atoms with E-state index in [2.05, 4.69) is 21.2 Å². The molecule has 3 N–H and O–H groups in total. The fourth-order valence-corrected chi connectivity index (χ4v) is 6.12. The van der Waals surface area contributed by atoms with E-state index >= 15 is 0 Å². The number of carbonyl (C=O) groups excluding carboxylic acids is 1. The average molecular weight is 433 g/mol. The Morgan fingerprint density at radius 1 is 1.45 bits per heavy atom. The lowest BCUT2D eigenvalue weighted by molar-refractivity contribution is -0.125. The van der Waals surface area contributed by atoms with Crippen LogP contribution in [0.4, 0.5) is 0 Å². The van der Waals surface area contributed by atoms with E-state index in [9.17, 15) is 13.2 Å². The number of rotatable bonds is 5. The number of carbonyl (C=O) groups is 1. The predicted molar refractivity (Wildman–Crippen MR) is 92.9 cm³/mol. The van der Waals surface area contributed by atoms with Crippen LogP contribution in [-0.2, 0) is 14.8 Å². The second-order valence-corrected chi connectivity index (χ2v) is 9.35. The number of piperidine rings is 1. The number of hydrogen-bond acceptors (Lipinski definition) is 5. The van der Waals surface area contributed by atoms with E-state index in [0.717, 1.165) is 28.0 Å². The minimum Gasteiger partial charge on any atom is -0.353 e. The number of hydrogen-bond donors (Lipinski definition) is 2. The fourth-order valence-electron chi connectivity index (χ4n) is 2.32. The molecule has 10 heteroatoms. The molecule has 126 valence electrons. The van der Waals surface area contributed by atoms with E-state index in [1.807, 2.05) is 0 Å². The zero-order valence-corrected chi connectivity index (χ0v) is 15.9. The van der Waals surface area contributed by atoms with Gasteiger partial charge >= 0.3 is 0 Å². The Bertz CT molecular complexity index is 609. The Balaban J connectivity index is 0.00000242. The van der Waals surface area contributed by atoms with Gasteiger partial charge in [0.15, 0.2) is 0 Å². The van der Waals surface area contributed by atoms with Crippen LogP contribution < -0.4 is 11.1 Å². The molecule has 1 aromatic heterocycles. The SMILES string of the molecule is Cl.NCCNC(=O)C1CCCCN1S(=O)(=O)c1ccc(Br)s1. The number of nitrogens with one attached hydrogen (secondary N) is 1. The van der Waals surface area contributed by atoms with Crippen molar-refractivity contribution in [2.24, 2.45) is 5.73 Å². The van der Waals surface area contributed by atoms with Crippen molar-refractivity contribution in [3.8, 4) is 0 Å². The number of amides is 1. The van der Waals surface area contributed by atoms with E-state index in [0.29, 0.717) is 26.1 Å². The van der Waals surface area contributed by atoms with Crippen LogP contribution in [0.3, 0.4) is 0 Å². The topological polar surface area (TPSA) is 92.5 Å². The molecule has 6 nitrogen and oxygen atoms in total. The zero-order chi connectivity index (χ0) is 15.5. The first-order valence-corrected chi connectivity index (χ1v) is 9.76. The predicted octanol–water partition coefficient (Wildman–Crippen LogP) is 1.55. The highest BCUT2D eigenvalue weighted by molar-refractivity contribution is 9.11. The Labute approximate surface area is 149 Å². The van der Waals surface area contributed by atoms with E-state index < -0.39 is 16.1 Å². The first-order valence-electron chi connectivity index (χ1n) is 6.72. The Morgan fingerprint density at radius 3 is 2.77 bits per heavy atom. The lowest BCUT2D eigenvalue weighted by Gasteiger charge is -2.33. The van der Waals surface area contributed by atoms with Crippen LogP contribution in [0.15, 0.2) is 20.1 Å². The third-order valence-electron chi connectivity index (χ3n) is 3.31. The summed E-state index contributed by atoms with van der Waals surface area (Å²) < 4.78 is 27.7. The average Bonchev–Trinajstić information content (AvgIpc) is 2.92. The van der Waals surface area contributed by atoms with Crippen molar-refractivity contribution in [3.05, 3.63) is 15.9 Å². The molecule has 0 spiro atoms. The standard InChI is InChI=1S/C12H18BrN3O3S2.ClH/c13-10-4-5-11(20-10)21(18,19)16-8-2-1-3-9(16)12(17)15-7-6-14;/h4-5,9H,1-3,6-8,14H2,(H,15,17);1H. The van der Waals surface area contributed by atoms with Gasteiger partial charge in [0, 0.05) is 19.6 Å². The van der Waals surface area contributed by atoms with Crippen LogP contribution >= 0.6 is 39.7 Å². The zero-order valence-electron chi connectivity index (χ0n) is 11.8. The smallest absolute Gasteiger partial charge is 0.253 e. The minimum atomic E-state index is -3.63. The molecule has 1 aliphatic heterocycles. The molecule has 1 unspecified atom stereocenters. The van der Waals surface area contributed by atoms with Gasteiger partial charge in [0.25, 0.3) is 10.0 Å². The molecule has 2 rings (SSSR count). The second kappa shape index (κ2) is 8.60. The Morgan fingerprint density at radius 2 is 2.18 bits per heavy atom. The molecule has 0 bridgehead atoms. The van der Waals surface area contributed by atoms with Gasteiger partial charge in [-0.2, -0.15) is 4.31 Å². The largest absolute Gasteiger partial charge is 0.353 e. The van der Waals surface area contributed by atoms with Crippen LogP contribution in [-0.4, -0.2) is 44.3 Å². The summed E-state index contributed by atoms with van der Waals surface area (Å²) >= 11 is 4.42. The van der Waals surface area contributed by atoms with Crippen LogP contribution in [0.5, 0.6) is 0 Å². The number of halogens is 2. The van der Waals surface area contributed by atoms with Crippen molar-refractivity contribution in [2.75, 3.05) is 19.6 Å². The van der Waals surface area contributed by atoms with Crippen LogP contribution in [0.25, 0.3) is 0 Å². The van der Waals surface area contributed by atoms with Gasteiger partial charge in [0.2, 0.25) is 5.91 Å². The van der Waals surface area contributed by atoms with Gasteiger partial charge in [-0.3, -0.25) is 4.79 Å². The molecule has 2 heterocycles. The molecule has 1 amide bonds. The van der Waals surface area contributed by atoms with Crippen molar-refractivity contribution in [3.63, 3.8) is 0 Å². The maximum absolute atomic E-state index is 12.7. The molecular weight excluding hydrogens is 414 g/mol. The first kappa shape index (κ1) is 19.9. The summed E-state index contributed by atoms with van der Waals surface area (Å²) in [6.45, 7) is 1.06. The van der Waals surface area contributed by atoms with Gasteiger partial charge in [0.05, 0.1) is 3.79 Å². The van der Waals surface area contributed by atoms with Crippen LogP contribution in [0, 0.1) is 0 Å². The number of nitrogens with two attached hydrogens (primary N) is 1. The van der Waals surface area contributed by atoms with E-state index in [4.69, 9.17) is 5.73 Å². The van der Waals surface area contributed by atoms with Crippen molar-refractivity contribution in [1.82, 2.24) is 9.62 Å². The van der Waals surface area contributed by atoms with Gasteiger partial charge in [-0.15, -0.1) is 23.7 Å². The van der Waals surface area contributed by atoms with Gasteiger partial charge in [-0.1, -0.05) is 6.42 Å². The highest BCUT2D eigenvalue weighted by Crippen LogP contribution is 2.31. The molecule has 0 radical (unpaired) electrons. The molecule has 1 saturated heterocycles. The highest BCUT2D eigenvalue weighted by atomic mass is 79.9. The number of nitrogens with zero attached hydrogens (tertiary/aromatic N) is 1. The summed E-state index contributed by atoms with van der Waals surface area (Å²) in [5, 5.41) is 2.68. The summed E-state index contributed by atoms with van der Waals surface area (Å²) in [5.41, 5.74) is 5.37. The van der Waals surface area contributed by atoms with E-state index in [-0.39, 0.29) is 22.5 Å². The third kappa shape index (κ3) is 4.42. The maximum Gasteiger partial charge on any atom is 0.253 e. The Kier molecular flexibility index (Phi) is 7.76. The van der Waals surface area contributed by atoms with E-state index in [1.54, 1.807) is 12.1 Å². The van der Waals surface area contributed by atoms with Gasteiger partial charge in [0.1, 0.15) is 10.3 Å². The summed E-state index contributed by atoms with van der Waals surface area (Å²) in [6, 6.07) is 2.62. The maximum atomic E-state index is 12.7. The van der Waals surface area contributed by atoms with Gasteiger partial charge in [-0.25, -0.2) is 8.42 Å². The summed E-state index contributed by atoms with van der Waals surface area (Å²) in [6.07, 6.45) is 2.16. The van der Waals surface area contributed by atoms with Crippen molar-refractivity contribution in [1.29, 1.82) is 0 Å². The van der Waals surface area contributed by atoms with Crippen LogP contribution in [0.1, 0.15) is 19.3 Å². The third-order valence-corrected chi connectivity index (χ3v) is 7.31. The molecule has 1 aliphatic rings. The fraction of sp³-hybridized carbons (Fsp3) is 0.583. The highest BCUT2D eigenvalue weighted by Gasteiger charge is 2.38. The van der Waals surface area contributed by atoms with Crippen molar-refractivity contribution < 1.29 is 13.2 Å². The van der Waals surface area contributed by atoms with Gasteiger partial charge in [-0.05, 0) is 40.9 Å². The molecule has 0 aromatic carbocycles. The molecule has 1 fully saturated rings. The van der Waals surface area contributed by atoms with E-state index in [1.165, 1.54) is 4.31 Å². The lowest BCUT2D eigenvalue weighted by atomic mass is 10.0. The molecule has 1 aromatic rings. The monoisotopic (exact) mass is 431 g/mol. The first-order chi connectivity index (χ1) is 9.96. The number of thiophene rings is 1. The second-order valence-electron chi connectivity index (χ2n) is 4.77.